The van der Waals surface area contributed by atoms with Crippen LogP contribution in [0.15, 0.2) is 139 Å². The minimum Gasteiger partial charge on any atom is -0.184 e. The zero-order chi connectivity index (χ0) is 28.2. The maximum atomic E-state index is 3.36. The summed E-state index contributed by atoms with van der Waals surface area (Å²) in [6, 6.07) is 42.6. The van der Waals surface area contributed by atoms with E-state index in [0.717, 1.165) is 12.8 Å². The Morgan fingerprint density at radius 2 is 0.930 bits per heavy atom. The molecule has 0 amide bonds. The summed E-state index contributed by atoms with van der Waals surface area (Å²) in [6.07, 6.45) is 13.1. The summed E-state index contributed by atoms with van der Waals surface area (Å²) in [7, 11) is 0. The van der Waals surface area contributed by atoms with Crippen molar-refractivity contribution in [3.8, 4) is 0 Å². The van der Waals surface area contributed by atoms with Gasteiger partial charge in [-0.25, -0.2) is 23.3 Å². The number of rotatable bonds is 2. The van der Waals surface area contributed by atoms with Crippen molar-refractivity contribution < 1.29 is 21.6 Å². The molecule has 0 nitrogen and oxygen atoms in total. The van der Waals surface area contributed by atoms with E-state index in [0.29, 0.717) is 0 Å². The van der Waals surface area contributed by atoms with Gasteiger partial charge in [0.25, 0.3) is 0 Å². The molecule has 0 aromatic heterocycles. The van der Waals surface area contributed by atoms with Gasteiger partial charge < -0.3 is 7.43 Å². The Morgan fingerprint density at radius 3 is 1.26 bits per heavy atom. The van der Waals surface area contributed by atoms with Gasteiger partial charge >= 0.3 is 33.7 Å². The maximum absolute atomic E-state index is 3.36. The van der Waals surface area contributed by atoms with Crippen LogP contribution in [0, 0.1) is 25.6 Å². The number of hydrogen-bond acceptors (Lipinski definition) is 0. The second-order valence-electron chi connectivity index (χ2n) is 9.54. The van der Waals surface area contributed by atoms with Crippen LogP contribution in [0.2, 0.25) is 0 Å². The quantitative estimate of drug-likeness (QED) is 0.125. The van der Waals surface area contributed by atoms with Crippen LogP contribution in [0.4, 0.5) is 0 Å². The zero-order valence-electron chi connectivity index (χ0n) is 24.9. The maximum Gasteiger partial charge on any atom is -0.171 e. The molecule has 5 aromatic rings. The molecule has 0 saturated carbocycles. The standard InChI is InChI=1S/2C16H13.C6H5.CH3.2ClH.Ge.Zr/c2*1-12-9-10-14(11-12)16-8-4-6-13-5-2-3-7-15(13)16;1-2-4-6-5-3-1;;;;;/h2*2-8,11H,10H2,1H3;1-5H;1H3;2*1H;;/q4*-1;;;;. The molecule has 5 aromatic carbocycles. The molecule has 7 rings (SSSR count). The van der Waals surface area contributed by atoms with Gasteiger partial charge in [-0.3, -0.25) is 12.2 Å². The average Bonchev–Trinajstić information content (AvgIpc) is 3.67. The molecule has 2 radical (unpaired) electrons. The van der Waals surface area contributed by atoms with Crippen molar-refractivity contribution in [2.45, 2.75) is 26.7 Å². The fourth-order valence-corrected chi connectivity index (χ4v) is 4.89. The Kier molecular flexibility index (Phi) is 18.4. The Morgan fingerprint density at radius 1 is 0.535 bits per heavy atom. The van der Waals surface area contributed by atoms with Crippen LogP contribution in [0.25, 0.3) is 32.7 Å². The molecule has 0 aliphatic heterocycles. The van der Waals surface area contributed by atoms with Gasteiger partial charge in [-0.2, -0.15) is 36.4 Å². The van der Waals surface area contributed by atoms with E-state index in [9.17, 15) is 0 Å². The van der Waals surface area contributed by atoms with E-state index in [1.165, 1.54) is 55.0 Å². The summed E-state index contributed by atoms with van der Waals surface area (Å²) in [6.45, 7) is 4.22. The van der Waals surface area contributed by atoms with Crippen LogP contribution in [-0.4, -0.2) is 12.1 Å². The monoisotopic (exact) mass is 738 g/mol. The predicted octanol–water partition coefficient (Wildman–Crippen LogP) is 11.2. The van der Waals surface area contributed by atoms with Crippen molar-refractivity contribution in [1.82, 2.24) is 0 Å². The molecular weight excluding hydrogens is 703 g/mol. The molecule has 0 atom stereocenters. The molecule has 218 valence electrons. The van der Waals surface area contributed by atoms with Crippen LogP contribution in [0.3, 0.4) is 0 Å². The normalized spacial score (nSPS) is 12.4. The Hall–Kier alpha value is -2.41. The van der Waals surface area contributed by atoms with Gasteiger partial charge in [0.05, 0.1) is 0 Å². The summed E-state index contributed by atoms with van der Waals surface area (Å²) in [4.78, 5) is 0. The fraction of sp³-hybridized carbons (Fsp3) is 0.103. The molecule has 0 heterocycles. The van der Waals surface area contributed by atoms with Crippen LogP contribution >= 0.6 is 24.8 Å². The van der Waals surface area contributed by atoms with E-state index in [4.69, 9.17) is 0 Å². The first kappa shape index (κ1) is 38.6. The minimum atomic E-state index is 0. The molecule has 0 saturated heterocycles. The van der Waals surface area contributed by atoms with Gasteiger partial charge in [-0.15, -0.1) is 48.8 Å². The van der Waals surface area contributed by atoms with Crippen LogP contribution in [0.5, 0.6) is 0 Å². The molecule has 43 heavy (non-hydrogen) atoms. The van der Waals surface area contributed by atoms with Gasteiger partial charge in [0.15, 0.2) is 0 Å². The van der Waals surface area contributed by atoms with Gasteiger partial charge in [0.2, 0.25) is 0 Å². The molecule has 0 bridgehead atoms. The van der Waals surface area contributed by atoms with E-state index in [1.807, 2.05) is 30.3 Å². The summed E-state index contributed by atoms with van der Waals surface area (Å²) >= 11 is 3.64. The van der Waals surface area contributed by atoms with Gasteiger partial charge in [0.1, 0.15) is 0 Å². The summed E-state index contributed by atoms with van der Waals surface area (Å²) in [5, 5.41) is 5.30. The van der Waals surface area contributed by atoms with E-state index in [2.05, 4.69) is 141 Å². The van der Waals surface area contributed by atoms with Crippen molar-refractivity contribution in [2.75, 3.05) is 0 Å². The molecule has 0 N–H and O–H groups in total. The first-order chi connectivity index (χ1) is 19.7. The Bertz CT molecular complexity index is 1550. The van der Waals surface area contributed by atoms with Crippen LogP contribution in [-0.2, 0) is 21.6 Å². The molecule has 2 aliphatic rings. The topological polar surface area (TPSA) is 0 Å². The van der Waals surface area contributed by atoms with E-state index >= 15 is 0 Å². The van der Waals surface area contributed by atoms with Crippen molar-refractivity contribution in [2.24, 2.45) is 0 Å². The number of allylic oxidation sites excluding steroid dienone is 8. The second kappa shape index (κ2) is 20.5. The van der Waals surface area contributed by atoms with E-state index in [1.54, 1.807) is 21.6 Å². The largest absolute Gasteiger partial charge is 0.184 e. The molecule has 0 fully saturated rings. The van der Waals surface area contributed by atoms with Crippen molar-refractivity contribution in [3.05, 3.63) is 175 Å². The van der Waals surface area contributed by atoms with Crippen molar-refractivity contribution >= 4 is 69.6 Å². The first-order valence-corrected chi connectivity index (χ1v) is 20.8. The summed E-state index contributed by atoms with van der Waals surface area (Å²) in [5.41, 5.74) is 7.97. The SMILES string of the molecule is CC1=[C-]CC(c2cccc3ccccc23)=C1.CC1=[C-]CC(c2cccc3ccccc23)=C1.Cl.Cl.[CH3-].[Ge]=[Zr].[c-]1ccccc1. The Balaban J connectivity index is 0.000000327. The first-order valence-electron chi connectivity index (χ1n) is 13.4. The van der Waals surface area contributed by atoms with Gasteiger partial charge in [0, 0.05) is 0 Å². The fourth-order valence-electron chi connectivity index (χ4n) is 4.89. The zero-order valence-corrected chi connectivity index (χ0v) is 31.0. The third kappa shape index (κ3) is 10.9. The third-order valence-corrected chi connectivity index (χ3v) is 6.78. The van der Waals surface area contributed by atoms with Crippen molar-refractivity contribution in [3.63, 3.8) is 0 Å². The average molecular weight is 739 g/mol. The molecule has 4 heteroatoms. The Labute approximate surface area is 290 Å². The molecule has 0 unspecified atom stereocenters. The van der Waals surface area contributed by atoms with Crippen molar-refractivity contribution in [1.29, 1.82) is 0 Å². The van der Waals surface area contributed by atoms with Crippen LogP contribution in [0.1, 0.15) is 37.8 Å². The molecule has 2 aliphatic carbocycles. The molecule has 0 spiro atoms. The second-order valence-corrected chi connectivity index (χ2v) is 9.54. The van der Waals surface area contributed by atoms with E-state index < -0.39 is 0 Å². The van der Waals surface area contributed by atoms with Gasteiger partial charge in [-0.05, 0) is 32.7 Å². The van der Waals surface area contributed by atoms with Gasteiger partial charge in [-0.1, -0.05) is 98.8 Å². The van der Waals surface area contributed by atoms with E-state index in [-0.39, 0.29) is 32.2 Å². The van der Waals surface area contributed by atoms with Crippen LogP contribution < -0.4 is 0 Å². The molecular formula is C39H36Cl2GeZr-4. The summed E-state index contributed by atoms with van der Waals surface area (Å²) in [5.74, 6) is 0. The number of benzene rings is 5. The smallest absolute Gasteiger partial charge is 0.171 e. The number of fused-ring (bicyclic) bond motifs is 2. The third-order valence-electron chi connectivity index (χ3n) is 6.78. The summed E-state index contributed by atoms with van der Waals surface area (Å²) < 4.78 is 0. The minimum absolute atomic E-state index is 0. The number of hydrogen-bond donors (Lipinski definition) is 0. The number of halogens is 2. The predicted molar refractivity (Wildman–Crippen MR) is 190 cm³/mol.